The van der Waals surface area contributed by atoms with Gasteiger partial charge in [0, 0.05) is 23.7 Å². The van der Waals surface area contributed by atoms with Crippen molar-refractivity contribution in [1.29, 1.82) is 0 Å². The van der Waals surface area contributed by atoms with Crippen molar-refractivity contribution in [2.75, 3.05) is 6.54 Å². The minimum Gasteiger partial charge on any atom is -0.390 e. The number of benzene rings is 1. The quantitative estimate of drug-likeness (QED) is 0.897. The lowest BCUT2D eigenvalue weighted by Crippen LogP contribution is -2.30. The van der Waals surface area contributed by atoms with E-state index in [4.69, 9.17) is 0 Å². The fourth-order valence-electron chi connectivity index (χ4n) is 3.14. The van der Waals surface area contributed by atoms with Crippen LogP contribution in [0.3, 0.4) is 0 Å². The van der Waals surface area contributed by atoms with Gasteiger partial charge in [0.1, 0.15) is 5.01 Å². The second-order valence-corrected chi connectivity index (χ2v) is 7.97. The van der Waals surface area contributed by atoms with Crippen molar-refractivity contribution in [2.45, 2.75) is 51.2 Å². The fraction of sp³-hybridized carbons (Fsp3) is 0.474. The number of aryl methyl sites for hydroxylation is 1. The highest BCUT2D eigenvalue weighted by Gasteiger charge is 2.32. The molecule has 1 aliphatic rings. The van der Waals surface area contributed by atoms with Crippen LogP contribution in [-0.2, 0) is 6.42 Å². The number of amides is 1. The first kappa shape index (κ1) is 17.1. The molecule has 5 heteroatoms. The Morgan fingerprint density at radius 1 is 1.46 bits per heavy atom. The number of hydrogen-bond acceptors (Lipinski definition) is 4. The first-order valence-corrected chi connectivity index (χ1v) is 9.34. The Hall–Kier alpha value is -1.72. The highest BCUT2D eigenvalue weighted by atomic mass is 32.1. The van der Waals surface area contributed by atoms with Crippen LogP contribution >= 0.6 is 11.3 Å². The molecule has 0 spiro atoms. The lowest BCUT2D eigenvalue weighted by Gasteiger charge is -2.23. The van der Waals surface area contributed by atoms with Crippen LogP contribution in [0.25, 0.3) is 0 Å². The van der Waals surface area contributed by atoms with Crippen molar-refractivity contribution < 1.29 is 9.90 Å². The molecule has 4 nitrogen and oxygen atoms in total. The molecule has 0 aliphatic carbocycles. The predicted molar refractivity (Wildman–Crippen MR) is 96.2 cm³/mol. The first-order chi connectivity index (χ1) is 11.4. The van der Waals surface area contributed by atoms with Crippen LogP contribution in [0.4, 0.5) is 0 Å². The van der Waals surface area contributed by atoms with Crippen molar-refractivity contribution in [3.05, 3.63) is 52.0 Å². The van der Waals surface area contributed by atoms with Gasteiger partial charge in [-0.05, 0) is 57.2 Å². The number of aromatic nitrogens is 1. The number of nitrogens with zero attached hydrogens (tertiary/aromatic N) is 2. The van der Waals surface area contributed by atoms with E-state index in [2.05, 4.69) is 4.98 Å². The van der Waals surface area contributed by atoms with Gasteiger partial charge in [-0.25, -0.2) is 4.98 Å². The topological polar surface area (TPSA) is 53.4 Å². The molecule has 0 radical (unpaired) electrons. The highest BCUT2D eigenvalue weighted by molar-refractivity contribution is 7.09. The zero-order valence-electron chi connectivity index (χ0n) is 14.2. The van der Waals surface area contributed by atoms with E-state index < -0.39 is 5.60 Å². The number of likely N-dealkylation sites (tertiary alicyclic amines) is 1. The van der Waals surface area contributed by atoms with Crippen LogP contribution < -0.4 is 0 Å². The largest absolute Gasteiger partial charge is 0.390 e. The maximum absolute atomic E-state index is 13.0. The minimum atomic E-state index is -0.690. The van der Waals surface area contributed by atoms with Gasteiger partial charge in [0.25, 0.3) is 5.91 Å². The van der Waals surface area contributed by atoms with E-state index in [1.165, 1.54) is 0 Å². The SMILES string of the molecule is CC(C)(O)CCc1cccc(C(=O)N2CCC[C@@H]2c2nccs2)c1. The summed E-state index contributed by atoms with van der Waals surface area (Å²) in [5.74, 6) is 0.0813. The summed E-state index contributed by atoms with van der Waals surface area (Å²) in [6, 6.07) is 7.91. The number of hydrogen-bond donors (Lipinski definition) is 1. The van der Waals surface area contributed by atoms with E-state index in [1.54, 1.807) is 17.5 Å². The third-order valence-corrected chi connectivity index (χ3v) is 5.33. The van der Waals surface area contributed by atoms with Crippen LogP contribution in [0.1, 0.15) is 60.1 Å². The minimum absolute atomic E-state index is 0.0813. The molecule has 2 aromatic rings. The number of carbonyl (C=O) groups excluding carboxylic acids is 1. The van der Waals surface area contributed by atoms with Crippen LogP contribution in [0.15, 0.2) is 35.8 Å². The molecule has 2 heterocycles. The first-order valence-electron chi connectivity index (χ1n) is 8.46. The molecule has 1 N–H and O–H groups in total. The Labute approximate surface area is 147 Å². The zero-order chi connectivity index (χ0) is 17.2. The summed E-state index contributed by atoms with van der Waals surface area (Å²) >= 11 is 1.62. The Morgan fingerprint density at radius 3 is 3.00 bits per heavy atom. The summed E-state index contributed by atoms with van der Waals surface area (Å²) < 4.78 is 0. The Balaban J connectivity index is 1.75. The maximum atomic E-state index is 13.0. The molecule has 1 aromatic heterocycles. The summed E-state index contributed by atoms with van der Waals surface area (Å²) in [4.78, 5) is 19.3. The Kier molecular flexibility index (Phi) is 5.01. The van der Waals surface area contributed by atoms with E-state index in [-0.39, 0.29) is 11.9 Å². The average molecular weight is 344 g/mol. The molecule has 1 amide bonds. The van der Waals surface area contributed by atoms with Crippen molar-refractivity contribution in [3.8, 4) is 0 Å². The van der Waals surface area contributed by atoms with Crippen molar-refractivity contribution >= 4 is 17.2 Å². The van der Waals surface area contributed by atoms with Gasteiger partial charge < -0.3 is 10.0 Å². The van der Waals surface area contributed by atoms with Crippen molar-refractivity contribution in [2.24, 2.45) is 0 Å². The number of carbonyl (C=O) groups is 1. The third-order valence-electron chi connectivity index (χ3n) is 4.45. The normalized spacial score (nSPS) is 18.1. The zero-order valence-corrected chi connectivity index (χ0v) is 15.1. The molecule has 3 rings (SSSR count). The smallest absolute Gasteiger partial charge is 0.254 e. The van der Waals surface area contributed by atoms with Crippen LogP contribution in [0.2, 0.25) is 0 Å². The molecule has 1 saturated heterocycles. The summed E-state index contributed by atoms with van der Waals surface area (Å²) in [5.41, 5.74) is 1.13. The molecule has 128 valence electrons. The standard InChI is InChI=1S/C19H24N2O2S/c1-19(2,23)9-8-14-5-3-6-15(13-14)18(22)21-11-4-7-16(21)17-20-10-12-24-17/h3,5-6,10,12-13,16,23H,4,7-9,11H2,1-2H3/t16-/m1/s1. The molecule has 1 aromatic carbocycles. The lowest BCUT2D eigenvalue weighted by atomic mass is 9.97. The molecule has 0 bridgehead atoms. The molecule has 24 heavy (non-hydrogen) atoms. The van der Waals surface area contributed by atoms with E-state index in [1.807, 2.05) is 48.4 Å². The van der Waals surface area contributed by atoms with Crippen LogP contribution in [0, 0.1) is 0 Å². The van der Waals surface area contributed by atoms with Crippen molar-refractivity contribution in [1.82, 2.24) is 9.88 Å². The van der Waals surface area contributed by atoms with Gasteiger partial charge >= 0.3 is 0 Å². The second-order valence-electron chi connectivity index (χ2n) is 7.04. The van der Waals surface area contributed by atoms with Crippen LogP contribution in [-0.4, -0.2) is 33.0 Å². The van der Waals surface area contributed by atoms with E-state index >= 15 is 0 Å². The summed E-state index contributed by atoms with van der Waals surface area (Å²) in [6.07, 6.45) is 5.25. The number of aliphatic hydroxyl groups is 1. The Morgan fingerprint density at radius 2 is 2.29 bits per heavy atom. The van der Waals surface area contributed by atoms with Crippen molar-refractivity contribution in [3.63, 3.8) is 0 Å². The van der Waals surface area contributed by atoms with Gasteiger partial charge in [-0.2, -0.15) is 0 Å². The van der Waals surface area contributed by atoms with E-state index in [0.29, 0.717) is 6.42 Å². The Bertz CT molecular complexity index is 692. The summed E-state index contributed by atoms with van der Waals surface area (Å²) in [7, 11) is 0. The summed E-state index contributed by atoms with van der Waals surface area (Å²) in [5, 5.41) is 12.9. The van der Waals surface area contributed by atoms with Gasteiger partial charge in [-0.15, -0.1) is 11.3 Å². The summed E-state index contributed by atoms with van der Waals surface area (Å²) in [6.45, 7) is 4.41. The van der Waals surface area contributed by atoms with Crippen LogP contribution in [0.5, 0.6) is 0 Å². The number of thiazole rings is 1. The highest BCUT2D eigenvalue weighted by Crippen LogP contribution is 2.34. The lowest BCUT2D eigenvalue weighted by molar-refractivity contribution is 0.0714. The van der Waals surface area contributed by atoms with Gasteiger partial charge in [0.05, 0.1) is 11.6 Å². The van der Waals surface area contributed by atoms with Gasteiger partial charge in [-0.3, -0.25) is 4.79 Å². The monoisotopic (exact) mass is 344 g/mol. The van der Waals surface area contributed by atoms with Gasteiger partial charge in [-0.1, -0.05) is 12.1 Å². The van der Waals surface area contributed by atoms with E-state index in [9.17, 15) is 9.90 Å². The third kappa shape index (κ3) is 4.02. The van der Waals surface area contributed by atoms with Gasteiger partial charge in [0.15, 0.2) is 0 Å². The maximum Gasteiger partial charge on any atom is 0.254 e. The average Bonchev–Trinajstić information content (AvgIpc) is 3.22. The fourth-order valence-corrected chi connectivity index (χ4v) is 3.93. The van der Waals surface area contributed by atoms with Gasteiger partial charge in [0.2, 0.25) is 0 Å². The molecule has 0 saturated carbocycles. The predicted octanol–water partition coefficient (Wildman–Crippen LogP) is 3.82. The molecule has 1 aliphatic heterocycles. The molecule has 1 fully saturated rings. The van der Waals surface area contributed by atoms with E-state index in [0.717, 1.165) is 41.9 Å². The molecular formula is C19H24N2O2S. The molecule has 1 atom stereocenters. The number of rotatable bonds is 5. The molecular weight excluding hydrogens is 320 g/mol. The molecule has 0 unspecified atom stereocenters. The second kappa shape index (κ2) is 7.03.